The van der Waals surface area contributed by atoms with Gasteiger partial charge in [-0.05, 0) is 0 Å². The van der Waals surface area contributed by atoms with Crippen LogP contribution < -0.4 is 5.73 Å². The van der Waals surface area contributed by atoms with Gasteiger partial charge in [0.1, 0.15) is 0 Å². The van der Waals surface area contributed by atoms with E-state index in [0.29, 0.717) is 0 Å². The van der Waals surface area contributed by atoms with Gasteiger partial charge in [0.15, 0.2) is 0 Å². The first-order valence-electron chi connectivity index (χ1n) is 2.31. The second-order valence-corrected chi connectivity index (χ2v) is 1.89. The van der Waals surface area contributed by atoms with Crippen molar-refractivity contribution in [3.63, 3.8) is 0 Å². The normalized spacial score (nSPS) is 12.5. The molecular weight excluding hydrogens is 154 g/mol. The van der Waals surface area contributed by atoms with Gasteiger partial charge in [-0.1, -0.05) is 25.8 Å². The molecule has 1 atom stereocenters. The monoisotopic (exact) mass is 163 g/mol. The van der Waals surface area contributed by atoms with Crippen LogP contribution in [0.5, 0.6) is 0 Å². The molecule has 0 aliphatic heterocycles. The first kappa shape index (κ1) is 11.0. The van der Waals surface area contributed by atoms with Crippen LogP contribution in [0.4, 0.5) is 0 Å². The van der Waals surface area contributed by atoms with Gasteiger partial charge in [0.05, 0.1) is 0 Å². The molecule has 0 aliphatic rings. The SMILES string of the molecule is CC(C)[C@H](N)[C-]=O.[Cu+]. The molecule has 0 heterocycles. The summed E-state index contributed by atoms with van der Waals surface area (Å²) < 4.78 is 0. The fraction of sp³-hybridized carbons (Fsp3) is 0.800. The second-order valence-electron chi connectivity index (χ2n) is 1.89. The molecule has 0 rings (SSSR count). The van der Waals surface area contributed by atoms with Crippen LogP contribution in [-0.2, 0) is 21.9 Å². The third-order valence-electron chi connectivity index (χ3n) is 0.854. The maximum absolute atomic E-state index is 9.70. The maximum Gasteiger partial charge on any atom is 1.00 e. The van der Waals surface area contributed by atoms with Crippen LogP contribution in [0.15, 0.2) is 0 Å². The van der Waals surface area contributed by atoms with E-state index in [2.05, 4.69) is 0 Å². The molecule has 0 aromatic carbocycles. The Kier molecular flexibility index (Phi) is 7.28. The average molecular weight is 164 g/mol. The van der Waals surface area contributed by atoms with Crippen LogP contribution in [-0.4, -0.2) is 12.3 Å². The molecule has 8 heavy (non-hydrogen) atoms. The Morgan fingerprint density at radius 2 is 1.88 bits per heavy atom. The van der Waals surface area contributed by atoms with E-state index in [1.165, 1.54) is 0 Å². The third kappa shape index (κ3) is 4.31. The topological polar surface area (TPSA) is 43.1 Å². The van der Waals surface area contributed by atoms with Gasteiger partial charge in [-0.15, -0.1) is 0 Å². The van der Waals surface area contributed by atoms with Crippen molar-refractivity contribution in [1.82, 2.24) is 0 Å². The minimum Gasteiger partial charge on any atom is -0.540 e. The molecule has 0 radical (unpaired) electrons. The van der Waals surface area contributed by atoms with Gasteiger partial charge in [-0.3, -0.25) is 0 Å². The molecule has 2 N–H and O–H groups in total. The number of carbonyl (C=O) groups excluding carboxylic acids is 1. The van der Waals surface area contributed by atoms with Gasteiger partial charge in [0, 0.05) is 0 Å². The van der Waals surface area contributed by atoms with Crippen molar-refractivity contribution in [2.75, 3.05) is 0 Å². The molecule has 0 saturated carbocycles. The summed E-state index contributed by atoms with van der Waals surface area (Å²) in [4.78, 5) is 9.70. The Morgan fingerprint density at radius 1 is 1.50 bits per heavy atom. The van der Waals surface area contributed by atoms with E-state index in [1.807, 2.05) is 13.8 Å². The van der Waals surface area contributed by atoms with Crippen molar-refractivity contribution in [2.24, 2.45) is 11.7 Å². The van der Waals surface area contributed by atoms with E-state index in [-0.39, 0.29) is 23.0 Å². The fourth-order valence-electron chi connectivity index (χ4n) is 0.136. The van der Waals surface area contributed by atoms with Crippen molar-refractivity contribution in [3.8, 4) is 0 Å². The van der Waals surface area contributed by atoms with Gasteiger partial charge >= 0.3 is 17.1 Å². The summed E-state index contributed by atoms with van der Waals surface area (Å²) >= 11 is 0. The molecule has 0 aromatic heterocycles. The summed E-state index contributed by atoms with van der Waals surface area (Å²) in [6, 6.07) is -0.403. The van der Waals surface area contributed by atoms with Gasteiger partial charge in [0.25, 0.3) is 0 Å². The Morgan fingerprint density at radius 3 is 1.88 bits per heavy atom. The first-order valence-corrected chi connectivity index (χ1v) is 2.31. The van der Waals surface area contributed by atoms with E-state index in [4.69, 9.17) is 5.73 Å². The van der Waals surface area contributed by atoms with E-state index in [0.717, 1.165) is 0 Å². The predicted molar refractivity (Wildman–Crippen MR) is 28.5 cm³/mol. The van der Waals surface area contributed by atoms with Gasteiger partial charge < -0.3 is 10.5 Å². The van der Waals surface area contributed by atoms with E-state index in [9.17, 15) is 4.79 Å². The molecule has 0 amide bonds. The molecule has 3 heteroatoms. The predicted octanol–water partition coefficient (Wildman–Crippen LogP) is 0.0769. The molecule has 0 saturated heterocycles. The molecule has 0 unspecified atom stereocenters. The summed E-state index contributed by atoms with van der Waals surface area (Å²) in [5, 5.41) is 0. The molecule has 0 aliphatic carbocycles. The van der Waals surface area contributed by atoms with Crippen molar-refractivity contribution in [1.29, 1.82) is 0 Å². The Labute approximate surface area is 60.3 Å². The molecule has 0 aromatic rings. The molecule has 2 nitrogen and oxygen atoms in total. The van der Waals surface area contributed by atoms with Gasteiger partial charge in [-0.25, -0.2) is 6.29 Å². The second kappa shape index (κ2) is 5.29. The molecule has 52 valence electrons. The minimum atomic E-state index is -0.403. The molecule has 0 spiro atoms. The minimum absolute atomic E-state index is 0. The van der Waals surface area contributed by atoms with Crippen LogP contribution in [0.1, 0.15) is 13.8 Å². The number of rotatable bonds is 2. The van der Waals surface area contributed by atoms with Crippen LogP contribution in [0.3, 0.4) is 0 Å². The van der Waals surface area contributed by atoms with Crippen LogP contribution in [0, 0.1) is 5.92 Å². The zero-order valence-electron chi connectivity index (χ0n) is 4.94. The number of hydrogen-bond donors (Lipinski definition) is 1. The number of nitrogens with two attached hydrogens (primary N) is 1. The first-order chi connectivity index (χ1) is 3.18. The van der Waals surface area contributed by atoms with E-state index in [1.54, 1.807) is 6.29 Å². The molecule has 0 bridgehead atoms. The van der Waals surface area contributed by atoms with Crippen LogP contribution in [0.2, 0.25) is 0 Å². The standard InChI is InChI=1S/C5H10NO.Cu/c1-4(2)5(6)3-7;/h4-5H,6H2,1-2H3;/q-1;+1/t5-;/m1./s1. The third-order valence-corrected chi connectivity index (χ3v) is 0.854. The van der Waals surface area contributed by atoms with Crippen molar-refractivity contribution in [2.45, 2.75) is 19.9 Å². The summed E-state index contributed by atoms with van der Waals surface area (Å²) in [7, 11) is 0. The zero-order chi connectivity index (χ0) is 5.86. The Bertz CT molecular complexity index is 65.4. The van der Waals surface area contributed by atoms with Crippen molar-refractivity contribution in [3.05, 3.63) is 0 Å². The zero-order valence-corrected chi connectivity index (χ0v) is 5.88. The Hall–Kier alpha value is 0.149. The fourth-order valence-corrected chi connectivity index (χ4v) is 0.136. The maximum atomic E-state index is 9.70. The molecular formula is C5H10CuNO. The Balaban J connectivity index is 0. The largest absolute Gasteiger partial charge is 1.00 e. The smallest absolute Gasteiger partial charge is 0.540 e. The average Bonchev–Trinajstić information content (AvgIpc) is 1.65. The quantitative estimate of drug-likeness (QED) is 0.463. The van der Waals surface area contributed by atoms with E-state index >= 15 is 0 Å². The van der Waals surface area contributed by atoms with Crippen molar-refractivity contribution < 1.29 is 21.9 Å². The number of hydrogen-bond acceptors (Lipinski definition) is 2. The van der Waals surface area contributed by atoms with E-state index < -0.39 is 6.04 Å². The van der Waals surface area contributed by atoms with Gasteiger partial charge in [-0.2, -0.15) is 0 Å². The summed E-state index contributed by atoms with van der Waals surface area (Å²) in [6.07, 6.45) is 1.69. The summed E-state index contributed by atoms with van der Waals surface area (Å²) in [5.41, 5.74) is 5.19. The summed E-state index contributed by atoms with van der Waals surface area (Å²) in [5.74, 6) is 0.220. The van der Waals surface area contributed by atoms with Crippen LogP contribution in [0.25, 0.3) is 0 Å². The summed E-state index contributed by atoms with van der Waals surface area (Å²) in [6.45, 7) is 3.77. The van der Waals surface area contributed by atoms with Gasteiger partial charge in [0.2, 0.25) is 0 Å². The van der Waals surface area contributed by atoms with Crippen molar-refractivity contribution >= 4 is 6.29 Å². The molecule has 0 fully saturated rings. The van der Waals surface area contributed by atoms with Crippen LogP contribution >= 0.6 is 0 Å².